The van der Waals surface area contributed by atoms with Gasteiger partial charge in [-0.1, -0.05) is 12.1 Å². The van der Waals surface area contributed by atoms with E-state index in [1.807, 2.05) is 24.3 Å². The van der Waals surface area contributed by atoms with E-state index in [0.29, 0.717) is 5.09 Å². The fourth-order valence-corrected chi connectivity index (χ4v) is 2.24. The van der Waals surface area contributed by atoms with Crippen LogP contribution in [-0.4, -0.2) is 11.9 Å². The number of ether oxygens (including phenoxy) is 1. The number of hydrogen-bond donors (Lipinski definition) is 1. The molecule has 0 aromatic heterocycles. The Morgan fingerprint density at radius 1 is 1.26 bits per heavy atom. The van der Waals surface area contributed by atoms with Crippen LogP contribution in [0.25, 0.3) is 0 Å². The fraction of sp³-hybridized carbons (Fsp3) is 0.286. The highest BCUT2D eigenvalue weighted by Crippen LogP contribution is 2.36. The summed E-state index contributed by atoms with van der Waals surface area (Å²) in [5.41, 5.74) is 0.111. The van der Waals surface area contributed by atoms with E-state index in [2.05, 4.69) is 5.32 Å². The maximum absolute atomic E-state index is 11.9. The number of hydrogen-bond acceptors (Lipinski definition) is 4. The van der Waals surface area contributed by atoms with Crippen LogP contribution in [0.4, 0.5) is 5.69 Å². The molecule has 1 aliphatic rings. The predicted octanol–water partition coefficient (Wildman–Crippen LogP) is 3.16. The molecule has 0 bridgehead atoms. The number of esters is 1. The molecule has 1 aromatic carbocycles. The van der Waals surface area contributed by atoms with E-state index in [1.165, 1.54) is 17.8 Å². The number of thioether (sulfide) groups is 1. The molecule has 2 rings (SSSR count). The Kier molecular flexibility index (Phi) is 3.66. The number of benzene rings is 1. The molecular weight excluding hydrogens is 262 g/mol. The lowest BCUT2D eigenvalue weighted by molar-refractivity contribution is -0.147. The van der Waals surface area contributed by atoms with E-state index in [9.17, 15) is 9.59 Å². The maximum Gasteiger partial charge on any atom is 0.317 e. The van der Waals surface area contributed by atoms with Crippen molar-refractivity contribution in [1.29, 1.82) is 0 Å². The van der Waals surface area contributed by atoms with Gasteiger partial charge in [0.25, 0.3) is 5.91 Å². The summed E-state index contributed by atoms with van der Waals surface area (Å²) >= 11 is 1.26. The van der Waals surface area contributed by atoms with Gasteiger partial charge in [0.15, 0.2) is 5.09 Å². The van der Waals surface area contributed by atoms with Crippen molar-refractivity contribution in [3.63, 3.8) is 0 Å². The number of carbonyl (C=O) groups excluding carboxylic acids is 2. The highest BCUT2D eigenvalue weighted by molar-refractivity contribution is 8.03. The van der Waals surface area contributed by atoms with Crippen LogP contribution in [0.5, 0.6) is 0 Å². The molecule has 5 heteroatoms. The number of para-hydroxylation sites is 1. The van der Waals surface area contributed by atoms with Gasteiger partial charge in [-0.15, -0.1) is 0 Å². The summed E-state index contributed by atoms with van der Waals surface area (Å²) in [5.74, 6) is -0.660. The molecule has 1 aliphatic heterocycles. The Morgan fingerprint density at radius 3 is 2.63 bits per heavy atom. The van der Waals surface area contributed by atoms with Gasteiger partial charge in [0.05, 0.1) is 17.2 Å². The summed E-state index contributed by atoms with van der Waals surface area (Å²) in [6, 6.07) is 7.38. The summed E-state index contributed by atoms with van der Waals surface area (Å²) in [4.78, 5) is 24.4. The smallest absolute Gasteiger partial charge is 0.317 e. The summed E-state index contributed by atoms with van der Waals surface area (Å²) in [5, 5.41) is 3.03. The second-order valence-corrected chi connectivity index (χ2v) is 6.24. The molecule has 0 radical (unpaired) electrons. The van der Waals surface area contributed by atoms with Crippen LogP contribution in [0, 0.1) is 5.41 Å². The zero-order chi connectivity index (χ0) is 14.0. The molecule has 19 heavy (non-hydrogen) atoms. The normalized spacial score (nSPS) is 14.9. The lowest BCUT2D eigenvalue weighted by Crippen LogP contribution is -2.22. The zero-order valence-corrected chi connectivity index (χ0v) is 11.8. The van der Waals surface area contributed by atoms with Crippen molar-refractivity contribution >= 4 is 29.3 Å². The van der Waals surface area contributed by atoms with Gasteiger partial charge in [-0.05, 0) is 44.7 Å². The van der Waals surface area contributed by atoms with Gasteiger partial charge >= 0.3 is 5.97 Å². The van der Waals surface area contributed by atoms with E-state index in [0.717, 1.165) is 10.6 Å². The van der Waals surface area contributed by atoms with Crippen LogP contribution in [-0.2, 0) is 14.3 Å². The second kappa shape index (κ2) is 5.09. The first-order valence-electron chi connectivity index (χ1n) is 5.88. The summed E-state index contributed by atoms with van der Waals surface area (Å²) in [6.07, 6.45) is 1.30. The third-order valence-corrected chi connectivity index (χ3v) is 3.39. The monoisotopic (exact) mass is 277 g/mol. The van der Waals surface area contributed by atoms with Crippen molar-refractivity contribution in [2.24, 2.45) is 5.41 Å². The lowest BCUT2D eigenvalue weighted by Gasteiger charge is -2.17. The van der Waals surface area contributed by atoms with Crippen LogP contribution in [0.1, 0.15) is 20.8 Å². The summed E-state index contributed by atoms with van der Waals surface area (Å²) in [6.45, 7) is 5.31. The Balaban J connectivity index is 2.23. The molecule has 0 saturated carbocycles. The van der Waals surface area contributed by atoms with E-state index in [1.54, 1.807) is 20.8 Å². The van der Waals surface area contributed by atoms with Crippen molar-refractivity contribution in [3.05, 3.63) is 35.4 Å². The van der Waals surface area contributed by atoms with Gasteiger partial charge in [0, 0.05) is 4.90 Å². The van der Waals surface area contributed by atoms with Gasteiger partial charge in [-0.2, -0.15) is 0 Å². The van der Waals surface area contributed by atoms with Gasteiger partial charge < -0.3 is 10.1 Å². The van der Waals surface area contributed by atoms with Gasteiger partial charge in [0.1, 0.15) is 0 Å². The maximum atomic E-state index is 11.9. The molecule has 0 saturated heterocycles. The van der Waals surface area contributed by atoms with Crippen LogP contribution < -0.4 is 5.32 Å². The molecule has 1 aromatic rings. The number of fused-ring (bicyclic) bond motifs is 1. The number of nitrogens with one attached hydrogen (secondary N) is 1. The molecule has 1 amide bonds. The van der Waals surface area contributed by atoms with Crippen LogP contribution in [0.15, 0.2) is 40.3 Å². The molecule has 100 valence electrons. The Hall–Kier alpha value is -1.75. The first-order valence-corrected chi connectivity index (χ1v) is 6.70. The van der Waals surface area contributed by atoms with E-state index in [-0.39, 0.29) is 11.9 Å². The van der Waals surface area contributed by atoms with Gasteiger partial charge in [-0.3, -0.25) is 9.59 Å². The van der Waals surface area contributed by atoms with Crippen LogP contribution in [0.2, 0.25) is 0 Å². The topological polar surface area (TPSA) is 55.4 Å². The van der Waals surface area contributed by atoms with E-state index < -0.39 is 5.41 Å². The standard InChI is InChI=1S/C14H15NO3S/c1-14(2,3)13(17)18-12-8-11(16)15-9-6-4-5-7-10(9)19-12/h4-8H,1-3H3,(H,15,16). The van der Waals surface area contributed by atoms with Crippen LogP contribution in [0.3, 0.4) is 0 Å². The minimum Gasteiger partial charge on any atom is -0.418 e. The van der Waals surface area contributed by atoms with Crippen molar-refractivity contribution in [1.82, 2.24) is 0 Å². The molecule has 1 heterocycles. The van der Waals surface area contributed by atoms with Crippen molar-refractivity contribution < 1.29 is 14.3 Å². The Bertz CT molecular complexity index is 558. The highest BCUT2D eigenvalue weighted by Gasteiger charge is 2.26. The molecule has 0 fully saturated rings. The van der Waals surface area contributed by atoms with Gasteiger partial charge in [0.2, 0.25) is 0 Å². The van der Waals surface area contributed by atoms with Crippen molar-refractivity contribution in [2.75, 3.05) is 5.32 Å². The first-order chi connectivity index (χ1) is 8.86. The average molecular weight is 277 g/mol. The molecular formula is C14H15NO3S. The third kappa shape index (κ3) is 3.38. The number of carbonyl (C=O) groups is 2. The lowest BCUT2D eigenvalue weighted by atomic mass is 9.98. The first kappa shape index (κ1) is 13.7. The second-order valence-electron chi connectivity index (χ2n) is 5.19. The predicted molar refractivity (Wildman–Crippen MR) is 74.6 cm³/mol. The van der Waals surface area contributed by atoms with Crippen molar-refractivity contribution in [3.8, 4) is 0 Å². The largest absolute Gasteiger partial charge is 0.418 e. The third-order valence-electron chi connectivity index (χ3n) is 2.41. The number of anilines is 1. The number of amides is 1. The zero-order valence-electron chi connectivity index (χ0n) is 11.0. The Morgan fingerprint density at radius 2 is 1.95 bits per heavy atom. The minimum absolute atomic E-state index is 0.294. The molecule has 1 N–H and O–H groups in total. The quantitative estimate of drug-likeness (QED) is 0.801. The van der Waals surface area contributed by atoms with Gasteiger partial charge in [-0.25, -0.2) is 0 Å². The summed E-state index contributed by atoms with van der Waals surface area (Å²) in [7, 11) is 0. The highest BCUT2D eigenvalue weighted by atomic mass is 32.2. The molecule has 0 spiro atoms. The molecule has 0 unspecified atom stereocenters. The summed E-state index contributed by atoms with van der Waals surface area (Å²) < 4.78 is 5.29. The number of rotatable bonds is 1. The van der Waals surface area contributed by atoms with E-state index >= 15 is 0 Å². The Labute approximate surface area is 116 Å². The average Bonchev–Trinajstić information content (AvgIpc) is 2.45. The minimum atomic E-state index is -0.607. The fourth-order valence-electron chi connectivity index (χ4n) is 1.37. The SMILES string of the molecule is CC(C)(C)C(=O)OC1=CC(=O)Nc2ccccc2S1. The van der Waals surface area contributed by atoms with Crippen molar-refractivity contribution in [2.45, 2.75) is 25.7 Å². The molecule has 0 aliphatic carbocycles. The molecule has 0 atom stereocenters. The van der Waals surface area contributed by atoms with Crippen LogP contribution >= 0.6 is 11.8 Å². The van der Waals surface area contributed by atoms with E-state index in [4.69, 9.17) is 4.74 Å². The molecule has 4 nitrogen and oxygen atoms in total.